The summed E-state index contributed by atoms with van der Waals surface area (Å²) < 4.78 is 0. The lowest BCUT2D eigenvalue weighted by Gasteiger charge is -2.57. The van der Waals surface area contributed by atoms with Gasteiger partial charge in [-0.2, -0.15) is 0 Å². The van der Waals surface area contributed by atoms with Crippen molar-refractivity contribution in [3.05, 3.63) is 65.7 Å². The summed E-state index contributed by atoms with van der Waals surface area (Å²) >= 11 is 0. The lowest BCUT2D eigenvalue weighted by Crippen LogP contribution is -2.58. The van der Waals surface area contributed by atoms with Crippen molar-refractivity contribution in [2.45, 2.75) is 50.6 Å². The fourth-order valence-corrected chi connectivity index (χ4v) is 6.32. The maximum atomic E-state index is 12.1. The van der Waals surface area contributed by atoms with Gasteiger partial charge in [0.25, 0.3) is 0 Å². The number of hydrogen-bond acceptors (Lipinski definition) is 3. The third kappa shape index (κ3) is 4.15. The van der Waals surface area contributed by atoms with Crippen LogP contribution in [-0.4, -0.2) is 11.4 Å². The molecule has 4 bridgehead atoms. The number of nitrogens with one attached hydrogen (secondary N) is 2. The Morgan fingerprint density at radius 2 is 1.60 bits per heavy atom. The summed E-state index contributed by atoms with van der Waals surface area (Å²) in [7, 11) is 0. The molecule has 0 radical (unpaired) electrons. The van der Waals surface area contributed by atoms with Crippen LogP contribution in [0.25, 0.3) is 6.08 Å². The third-order valence-electron chi connectivity index (χ3n) is 7.33. The molecule has 4 heteroatoms. The Balaban J connectivity index is 1.16. The van der Waals surface area contributed by atoms with E-state index in [1.807, 2.05) is 18.2 Å². The summed E-state index contributed by atoms with van der Waals surface area (Å²) in [6.45, 7) is 0.934. The first-order valence-corrected chi connectivity index (χ1v) is 11.2. The number of anilines is 2. The first-order valence-electron chi connectivity index (χ1n) is 11.2. The van der Waals surface area contributed by atoms with Crippen molar-refractivity contribution >= 4 is 23.4 Å². The van der Waals surface area contributed by atoms with Gasteiger partial charge in [-0.05, 0) is 85.6 Å². The first kappa shape index (κ1) is 19.4. The molecule has 156 valence electrons. The van der Waals surface area contributed by atoms with E-state index in [9.17, 15) is 4.79 Å². The molecule has 2 aromatic carbocycles. The number of nitrogens with two attached hydrogens (primary N) is 1. The number of para-hydroxylation sites is 2. The van der Waals surface area contributed by atoms with Crippen LogP contribution in [0.5, 0.6) is 0 Å². The number of carbonyl (C=O) groups excluding carboxylic acids is 1. The first-order chi connectivity index (χ1) is 14.6. The highest BCUT2D eigenvalue weighted by Crippen LogP contribution is 2.55. The zero-order valence-electron chi connectivity index (χ0n) is 17.4. The van der Waals surface area contributed by atoms with E-state index >= 15 is 0 Å². The molecule has 6 rings (SSSR count). The van der Waals surface area contributed by atoms with Crippen molar-refractivity contribution in [3.8, 4) is 0 Å². The van der Waals surface area contributed by atoms with Crippen LogP contribution < -0.4 is 16.4 Å². The fourth-order valence-electron chi connectivity index (χ4n) is 6.32. The number of carbonyl (C=O) groups is 1. The van der Waals surface area contributed by atoms with Crippen LogP contribution in [0.2, 0.25) is 0 Å². The lowest BCUT2D eigenvalue weighted by molar-refractivity contribution is -0.111. The van der Waals surface area contributed by atoms with Crippen molar-refractivity contribution in [3.63, 3.8) is 0 Å². The van der Waals surface area contributed by atoms with Crippen LogP contribution in [0.1, 0.15) is 49.7 Å². The van der Waals surface area contributed by atoms with Gasteiger partial charge >= 0.3 is 0 Å². The van der Waals surface area contributed by atoms with Gasteiger partial charge in [-0.15, -0.1) is 0 Å². The number of benzene rings is 2. The van der Waals surface area contributed by atoms with Crippen molar-refractivity contribution < 1.29 is 4.79 Å². The smallest absolute Gasteiger partial charge is 0.248 e. The van der Waals surface area contributed by atoms with Gasteiger partial charge in [0.1, 0.15) is 0 Å². The molecule has 30 heavy (non-hydrogen) atoms. The van der Waals surface area contributed by atoms with Gasteiger partial charge in [-0.25, -0.2) is 0 Å². The molecule has 4 aliphatic rings. The summed E-state index contributed by atoms with van der Waals surface area (Å²) in [5.41, 5.74) is 9.79. The standard InChI is InChI=1S/C26H31N3O/c27-23-3-1-2-4-24(23)29-25(30)10-9-18-5-7-19(8-6-18)17-28-26-14-20-11-21(15-26)13-22(12-20)16-26/h1-10,20-22,28H,11-17,27H2,(H,29,30). The van der Waals surface area contributed by atoms with Gasteiger partial charge in [0.05, 0.1) is 11.4 Å². The summed E-state index contributed by atoms with van der Waals surface area (Å²) in [6.07, 6.45) is 12.0. The zero-order chi connectivity index (χ0) is 20.6. The predicted octanol–water partition coefficient (Wildman–Crippen LogP) is 4.98. The Bertz CT molecular complexity index is 912. The molecule has 4 N–H and O–H groups in total. The minimum Gasteiger partial charge on any atom is -0.397 e. The van der Waals surface area contributed by atoms with Gasteiger partial charge in [0.2, 0.25) is 5.91 Å². The summed E-state index contributed by atoms with van der Waals surface area (Å²) in [5.74, 6) is 2.72. The SMILES string of the molecule is Nc1ccccc1NC(=O)C=Cc1ccc(CNC23CC4CC(CC(C4)C2)C3)cc1. The maximum absolute atomic E-state index is 12.1. The van der Waals surface area contributed by atoms with Crippen LogP contribution in [0, 0.1) is 17.8 Å². The Morgan fingerprint density at radius 3 is 2.23 bits per heavy atom. The quantitative estimate of drug-likeness (QED) is 0.472. The van der Waals surface area contributed by atoms with Crippen LogP contribution in [-0.2, 0) is 11.3 Å². The molecule has 0 aliphatic heterocycles. The lowest BCUT2D eigenvalue weighted by atomic mass is 9.53. The fraction of sp³-hybridized carbons (Fsp3) is 0.423. The highest BCUT2D eigenvalue weighted by atomic mass is 16.1. The summed E-state index contributed by atoms with van der Waals surface area (Å²) in [5, 5.41) is 6.77. The zero-order valence-corrected chi connectivity index (χ0v) is 17.4. The minimum absolute atomic E-state index is 0.180. The second kappa shape index (κ2) is 7.92. The normalized spacial score (nSPS) is 29.4. The van der Waals surface area contributed by atoms with E-state index in [-0.39, 0.29) is 5.91 Å². The van der Waals surface area contributed by atoms with Crippen molar-refractivity contribution in [1.82, 2.24) is 5.32 Å². The van der Waals surface area contributed by atoms with Crippen LogP contribution in [0.15, 0.2) is 54.6 Å². The Labute approximate surface area is 178 Å². The van der Waals surface area contributed by atoms with Gasteiger partial charge in [-0.1, -0.05) is 36.4 Å². The Kier molecular flexibility index (Phi) is 5.11. The number of nitrogen functional groups attached to an aromatic ring is 1. The van der Waals surface area contributed by atoms with E-state index in [0.717, 1.165) is 29.9 Å². The van der Waals surface area contributed by atoms with Gasteiger partial charge in [0.15, 0.2) is 0 Å². The van der Waals surface area contributed by atoms with Crippen molar-refractivity contribution in [2.75, 3.05) is 11.1 Å². The molecule has 0 unspecified atom stereocenters. The van der Waals surface area contributed by atoms with E-state index in [4.69, 9.17) is 5.73 Å². The average molecular weight is 402 g/mol. The average Bonchev–Trinajstić information content (AvgIpc) is 2.72. The molecular weight excluding hydrogens is 370 g/mol. The molecule has 4 saturated carbocycles. The highest BCUT2D eigenvalue weighted by molar-refractivity contribution is 6.03. The van der Waals surface area contributed by atoms with E-state index in [2.05, 4.69) is 34.9 Å². The number of hydrogen-bond donors (Lipinski definition) is 3. The minimum atomic E-state index is -0.180. The molecule has 0 aromatic heterocycles. The largest absolute Gasteiger partial charge is 0.397 e. The molecule has 1 amide bonds. The second-order valence-corrected chi connectivity index (χ2v) is 9.70. The van der Waals surface area contributed by atoms with Crippen molar-refractivity contribution in [1.29, 1.82) is 0 Å². The Hall–Kier alpha value is -2.59. The molecule has 0 atom stereocenters. The maximum Gasteiger partial charge on any atom is 0.248 e. The predicted molar refractivity (Wildman–Crippen MR) is 123 cm³/mol. The van der Waals surface area contributed by atoms with E-state index in [1.165, 1.54) is 44.1 Å². The number of amides is 1. The summed E-state index contributed by atoms with van der Waals surface area (Å²) in [4.78, 5) is 12.1. The van der Waals surface area contributed by atoms with Crippen LogP contribution in [0.4, 0.5) is 11.4 Å². The second-order valence-electron chi connectivity index (χ2n) is 9.70. The molecular formula is C26H31N3O. The van der Waals surface area contributed by atoms with Crippen LogP contribution >= 0.6 is 0 Å². The van der Waals surface area contributed by atoms with Gasteiger partial charge in [-0.3, -0.25) is 4.79 Å². The molecule has 4 nitrogen and oxygen atoms in total. The van der Waals surface area contributed by atoms with E-state index in [1.54, 1.807) is 18.2 Å². The molecule has 0 saturated heterocycles. The molecule has 0 spiro atoms. The van der Waals surface area contributed by atoms with E-state index < -0.39 is 0 Å². The van der Waals surface area contributed by atoms with Gasteiger partial charge < -0.3 is 16.4 Å². The number of rotatable bonds is 6. The van der Waals surface area contributed by atoms with E-state index in [0.29, 0.717) is 16.9 Å². The highest BCUT2D eigenvalue weighted by Gasteiger charge is 2.50. The van der Waals surface area contributed by atoms with Crippen LogP contribution in [0.3, 0.4) is 0 Å². The monoisotopic (exact) mass is 401 g/mol. The molecule has 4 aliphatic carbocycles. The molecule has 2 aromatic rings. The van der Waals surface area contributed by atoms with Gasteiger partial charge in [0, 0.05) is 18.2 Å². The third-order valence-corrected chi connectivity index (χ3v) is 7.33. The molecule has 0 heterocycles. The topological polar surface area (TPSA) is 67.1 Å². The Morgan fingerprint density at radius 1 is 0.967 bits per heavy atom. The van der Waals surface area contributed by atoms with Crippen molar-refractivity contribution in [2.24, 2.45) is 17.8 Å². The molecule has 4 fully saturated rings. The summed E-state index contributed by atoms with van der Waals surface area (Å²) in [6, 6.07) is 15.8.